The van der Waals surface area contributed by atoms with Gasteiger partial charge in [-0.25, -0.2) is 8.42 Å². The van der Waals surface area contributed by atoms with Crippen molar-refractivity contribution >= 4 is 10.0 Å². The zero-order chi connectivity index (χ0) is 12.5. The van der Waals surface area contributed by atoms with Gasteiger partial charge in [-0.2, -0.15) is 9.40 Å². The molecule has 7 heteroatoms. The molecular formula is C10H18N4O2S. The average Bonchev–Trinajstić information content (AvgIpc) is 3.00. The molecule has 0 aromatic carbocycles. The topological polar surface area (TPSA) is 81.2 Å². The lowest BCUT2D eigenvalue weighted by Crippen LogP contribution is -2.34. The average molecular weight is 258 g/mol. The highest BCUT2D eigenvalue weighted by Crippen LogP contribution is 2.31. The first-order valence-electron chi connectivity index (χ1n) is 5.76. The predicted octanol–water partition coefficient (Wildman–Crippen LogP) is -0.0780. The molecule has 96 valence electrons. The van der Waals surface area contributed by atoms with E-state index in [1.54, 1.807) is 11.4 Å². The second kappa shape index (κ2) is 4.75. The zero-order valence-electron chi connectivity index (χ0n) is 9.91. The molecule has 1 fully saturated rings. The number of nitrogens with two attached hydrogens (primary N) is 1. The van der Waals surface area contributed by atoms with Crippen molar-refractivity contribution in [2.24, 2.45) is 12.8 Å². The van der Waals surface area contributed by atoms with Gasteiger partial charge in [0.2, 0.25) is 10.0 Å². The van der Waals surface area contributed by atoms with Gasteiger partial charge in [-0.05, 0) is 25.8 Å². The third kappa shape index (κ3) is 2.67. The minimum Gasteiger partial charge on any atom is -0.330 e. The summed E-state index contributed by atoms with van der Waals surface area (Å²) >= 11 is 0. The summed E-state index contributed by atoms with van der Waals surface area (Å²) in [7, 11) is -1.69. The fourth-order valence-corrected chi connectivity index (χ4v) is 3.49. The summed E-state index contributed by atoms with van der Waals surface area (Å²) < 4.78 is 27.8. The van der Waals surface area contributed by atoms with Crippen molar-refractivity contribution in [3.63, 3.8) is 0 Å². The second-order valence-corrected chi connectivity index (χ2v) is 6.23. The smallest absolute Gasteiger partial charge is 0.246 e. The molecule has 1 aromatic heterocycles. The van der Waals surface area contributed by atoms with E-state index in [4.69, 9.17) is 5.73 Å². The van der Waals surface area contributed by atoms with E-state index in [1.807, 2.05) is 0 Å². The molecule has 0 saturated heterocycles. The van der Waals surface area contributed by atoms with E-state index in [-0.39, 0.29) is 10.9 Å². The molecule has 1 aliphatic carbocycles. The summed E-state index contributed by atoms with van der Waals surface area (Å²) in [5.41, 5.74) is 5.45. The molecule has 0 amide bonds. The predicted molar refractivity (Wildman–Crippen MR) is 63.8 cm³/mol. The molecule has 0 atom stereocenters. The maximum absolute atomic E-state index is 12.4. The lowest BCUT2D eigenvalue weighted by Gasteiger charge is -2.20. The van der Waals surface area contributed by atoms with Gasteiger partial charge in [0, 0.05) is 25.8 Å². The maximum Gasteiger partial charge on any atom is 0.246 e. The van der Waals surface area contributed by atoms with E-state index in [1.165, 1.54) is 17.1 Å². The van der Waals surface area contributed by atoms with E-state index < -0.39 is 10.0 Å². The monoisotopic (exact) mass is 258 g/mol. The van der Waals surface area contributed by atoms with Crippen LogP contribution in [0.4, 0.5) is 0 Å². The summed E-state index contributed by atoms with van der Waals surface area (Å²) in [6.45, 7) is 1.00. The summed E-state index contributed by atoms with van der Waals surface area (Å²) in [4.78, 5) is 0.268. The van der Waals surface area contributed by atoms with Gasteiger partial charge < -0.3 is 5.73 Å². The normalized spacial score (nSPS) is 16.6. The Morgan fingerprint density at radius 1 is 1.59 bits per heavy atom. The fraction of sp³-hybridized carbons (Fsp3) is 0.700. The van der Waals surface area contributed by atoms with Crippen LogP contribution in [-0.2, 0) is 17.1 Å². The Morgan fingerprint density at radius 3 is 2.76 bits per heavy atom. The third-order valence-corrected chi connectivity index (χ3v) is 4.73. The van der Waals surface area contributed by atoms with Crippen molar-refractivity contribution in [2.45, 2.75) is 30.2 Å². The number of hydrogen-bond donors (Lipinski definition) is 1. The number of aryl methyl sites for hydroxylation is 1. The largest absolute Gasteiger partial charge is 0.330 e. The minimum atomic E-state index is -3.39. The van der Waals surface area contributed by atoms with Crippen LogP contribution in [0.15, 0.2) is 17.3 Å². The molecule has 6 nitrogen and oxygen atoms in total. The minimum absolute atomic E-state index is 0.159. The van der Waals surface area contributed by atoms with Crippen LogP contribution in [0, 0.1) is 0 Å². The first-order chi connectivity index (χ1) is 8.05. The van der Waals surface area contributed by atoms with Crippen molar-refractivity contribution in [1.82, 2.24) is 14.1 Å². The standard InChI is InChI=1S/C10H18N4O2S/c1-13-8-10(7-12-13)17(15,16)14(6-2-5-11)9-3-4-9/h7-9H,2-6,11H2,1H3. The number of rotatable bonds is 6. The highest BCUT2D eigenvalue weighted by Gasteiger charge is 2.37. The molecule has 0 bridgehead atoms. The number of hydrogen-bond acceptors (Lipinski definition) is 4. The van der Waals surface area contributed by atoms with Gasteiger partial charge in [0.15, 0.2) is 0 Å². The van der Waals surface area contributed by atoms with Crippen LogP contribution in [0.3, 0.4) is 0 Å². The van der Waals surface area contributed by atoms with Crippen molar-refractivity contribution < 1.29 is 8.42 Å². The van der Waals surface area contributed by atoms with Crippen LogP contribution in [0.2, 0.25) is 0 Å². The van der Waals surface area contributed by atoms with Crippen LogP contribution in [0.25, 0.3) is 0 Å². The Morgan fingerprint density at radius 2 is 2.29 bits per heavy atom. The molecule has 1 heterocycles. The molecule has 0 spiro atoms. The van der Waals surface area contributed by atoms with Crippen molar-refractivity contribution in [3.05, 3.63) is 12.4 Å². The van der Waals surface area contributed by atoms with Crippen LogP contribution in [0.5, 0.6) is 0 Å². The molecule has 0 unspecified atom stereocenters. The summed E-state index contributed by atoms with van der Waals surface area (Å²) in [6.07, 6.45) is 5.52. The van der Waals surface area contributed by atoms with Gasteiger partial charge in [0.05, 0.1) is 6.20 Å². The highest BCUT2D eigenvalue weighted by atomic mass is 32.2. The SMILES string of the molecule is Cn1cc(S(=O)(=O)N(CCCN)C2CC2)cn1. The van der Waals surface area contributed by atoms with Gasteiger partial charge >= 0.3 is 0 Å². The number of aromatic nitrogens is 2. The summed E-state index contributed by atoms with van der Waals surface area (Å²) in [5, 5.41) is 3.91. The molecule has 17 heavy (non-hydrogen) atoms. The lowest BCUT2D eigenvalue weighted by atomic mass is 10.4. The Hall–Kier alpha value is -0.920. The van der Waals surface area contributed by atoms with Crippen molar-refractivity contribution in [1.29, 1.82) is 0 Å². The van der Waals surface area contributed by atoms with E-state index in [0.717, 1.165) is 12.8 Å². The van der Waals surface area contributed by atoms with E-state index >= 15 is 0 Å². The maximum atomic E-state index is 12.4. The Balaban J connectivity index is 2.21. The van der Waals surface area contributed by atoms with Crippen LogP contribution >= 0.6 is 0 Å². The molecule has 1 aliphatic rings. The van der Waals surface area contributed by atoms with Gasteiger partial charge in [0.25, 0.3) is 0 Å². The van der Waals surface area contributed by atoms with Gasteiger partial charge in [0.1, 0.15) is 4.90 Å². The molecule has 0 aliphatic heterocycles. The third-order valence-electron chi connectivity index (χ3n) is 2.82. The van der Waals surface area contributed by atoms with Crippen LogP contribution < -0.4 is 5.73 Å². The van der Waals surface area contributed by atoms with Gasteiger partial charge in [-0.1, -0.05) is 0 Å². The second-order valence-electron chi connectivity index (χ2n) is 4.34. The number of sulfonamides is 1. The molecule has 2 N–H and O–H groups in total. The summed E-state index contributed by atoms with van der Waals surface area (Å²) in [5.74, 6) is 0. The van der Waals surface area contributed by atoms with E-state index in [9.17, 15) is 8.42 Å². The number of nitrogens with zero attached hydrogens (tertiary/aromatic N) is 3. The first-order valence-corrected chi connectivity index (χ1v) is 7.20. The van der Waals surface area contributed by atoms with Crippen molar-refractivity contribution in [3.8, 4) is 0 Å². The summed E-state index contributed by atoms with van der Waals surface area (Å²) in [6, 6.07) is 0.159. The van der Waals surface area contributed by atoms with E-state index in [2.05, 4.69) is 5.10 Å². The van der Waals surface area contributed by atoms with Gasteiger partial charge in [-0.3, -0.25) is 4.68 Å². The Kier molecular flexibility index (Phi) is 3.50. The van der Waals surface area contributed by atoms with E-state index in [0.29, 0.717) is 19.5 Å². The van der Waals surface area contributed by atoms with Crippen LogP contribution in [0.1, 0.15) is 19.3 Å². The Bertz CT molecular complexity index is 478. The zero-order valence-corrected chi connectivity index (χ0v) is 10.7. The first kappa shape index (κ1) is 12.5. The fourth-order valence-electron chi connectivity index (χ4n) is 1.78. The Labute approximate surface area is 101 Å². The van der Waals surface area contributed by atoms with Crippen LogP contribution in [-0.4, -0.2) is 41.6 Å². The quantitative estimate of drug-likeness (QED) is 0.774. The highest BCUT2D eigenvalue weighted by molar-refractivity contribution is 7.89. The molecule has 1 saturated carbocycles. The molecule has 2 rings (SSSR count). The molecular weight excluding hydrogens is 240 g/mol. The molecule has 0 radical (unpaired) electrons. The lowest BCUT2D eigenvalue weighted by molar-refractivity contribution is 0.399. The molecule has 1 aromatic rings. The van der Waals surface area contributed by atoms with Crippen molar-refractivity contribution in [2.75, 3.05) is 13.1 Å². The van der Waals surface area contributed by atoms with Gasteiger partial charge in [-0.15, -0.1) is 0 Å².